The first-order valence-corrected chi connectivity index (χ1v) is 13.6. The molecule has 5 aromatic rings. The van der Waals surface area contributed by atoms with E-state index in [2.05, 4.69) is 25.1 Å². The van der Waals surface area contributed by atoms with Crippen LogP contribution in [0, 0.1) is 0 Å². The van der Waals surface area contributed by atoms with E-state index in [-0.39, 0.29) is 17.8 Å². The van der Waals surface area contributed by atoms with E-state index in [4.69, 9.17) is 14.5 Å². The van der Waals surface area contributed by atoms with Crippen LogP contribution in [0.2, 0.25) is 0 Å². The van der Waals surface area contributed by atoms with E-state index in [0.717, 1.165) is 16.8 Å². The molecule has 0 amide bonds. The van der Waals surface area contributed by atoms with Gasteiger partial charge in [0.15, 0.2) is 5.65 Å². The number of pyridine rings is 1. The van der Waals surface area contributed by atoms with E-state index in [1.807, 2.05) is 53.7 Å². The standard InChI is InChI=1S/C29H31F3N8O2/c1-27(2,3)41-25-19(14-34-26(38-25)42-28(4,5)6)21-11-23(40-24(37-21)7-8-35-40)18-9-17(18)20-10-22-16(12-33-20)13-36-39(22)15-29(30,31)32/h7-8,10-14,17-18H,9,15H2,1-6H3/t17-,18-/m0/s1. The summed E-state index contributed by atoms with van der Waals surface area (Å²) in [5.41, 5.74) is 2.81. The Balaban J connectivity index is 1.37. The molecule has 1 aliphatic carbocycles. The molecular weight excluding hydrogens is 549 g/mol. The maximum atomic E-state index is 13.1. The largest absolute Gasteiger partial charge is 0.471 e. The van der Waals surface area contributed by atoms with Crippen molar-refractivity contribution in [2.45, 2.75) is 83.7 Å². The number of hydrogen-bond acceptors (Lipinski definition) is 8. The molecule has 0 spiro atoms. The van der Waals surface area contributed by atoms with E-state index in [0.29, 0.717) is 39.4 Å². The second-order valence-electron chi connectivity index (χ2n) is 12.5. The van der Waals surface area contributed by atoms with Crippen molar-refractivity contribution in [2.75, 3.05) is 0 Å². The Hall–Kier alpha value is -4.29. The second-order valence-corrected chi connectivity index (χ2v) is 12.5. The topological polar surface area (TPSA) is 105 Å². The van der Waals surface area contributed by atoms with Crippen molar-refractivity contribution in [3.8, 4) is 23.1 Å². The van der Waals surface area contributed by atoms with Crippen molar-refractivity contribution in [3.63, 3.8) is 0 Å². The molecule has 5 aromatic heterocycles. The summed E-state index contributed by atoms with van der Waals surface area (Å²) in [6.45, 7) is 10.4. The predicted molar refractivity (Wildman–Crippen MR) is 148 cm³/mol. The summed E-state index contributed by atoms with van der Waals surface area (Å²) in [4.78, 5) is 18.4. The van der Waals surface area contributed by atoms with E-state index < -0.39 is 23.9 Å². The minimum atomic E-state index is -4.38. The Morgan fingerprint density at radius 2 is 1.64 bits per heavy atom. The third-order valence-corrected chi connectivity index (χ3v) is 6.62. The first kappa shape index (κ1) is 27.9. The third kappa shape index (κ3) is 5.86. The minimum Gasteiger partial charge on any atom is -0.471 e. The molecule has 0 radical (unpaired) electrons. The van der Waals surface area contributed by atoms with Gasteiger partial charge in [-0.25, -0.2) is 14.5 Å². The lowest BCUT2D eigenvalue weighted by atomic mass is 10.1. The number of alkyl halides is 3. The molecule has 10 nitrogen and oxygen atoms in total. The zero-order valence-corrected chi connectivity index (χ0v) is 24.1. The van der Waals surface area contributed by atoms with Crippen molar-refractivity contribution in [3.05, 3.63) is 54.4 Å². The summed E-state index contributed by atoms with van der Waals surface area (Å²) in [6.07, 6.45) is 2.69. The molecule has 13 heteroatoms. The molecule has 42 heavy (non-hydrogen) atoms. The van der Waals surface area contributed by atoms with Crippen molar-refractivity contribution in [1.29, 1.82) is 0 Å². The smallest absolute Gasteiger partial charge is 0.408 e. The summed E-state index contributed by atoms with van der Waals surface area (Å²) >= 11 is 0. The molecule has 0 unspecified atom stereocenters. The van der Waals surface area contributed by atoms with Crippen LogP contribution < -0.4 is 9.47 Å². The van der Waals surface area contributed by atoms with Crippen molar-refractivity contribution < 1.29 is 22.6 Å². The number of rotatable bonds is 6. The minimum absolute atomic E-state index is 0.00426. The van der Waals surface area contributed by atoms with Gasteiger partial charge >= 0.3 is 12.2 Å². The monoisotopic (exact) mass is 580 g/mol. The van der Waals surface area contributed by atoms with Crippen LogP contribution in [0.25, 0.3) is 27.8 Å². The van der Waals surface area contributed by atoms with Crippen LogP contribution >= 0.6 is 0 Å². The average Bonchev–Trinajstić information content (AvgIpc) is 3.34. The van der Waals surface area contributed by atoms with Gasteiger partial charge in [-0.05, 0) is 60.1 Å². The fourth-order valence-corrected chi connectivity index (χ4v) is 4.89. The average molecular weight is 581 g/mol. The lowest BCUT2D eigenvalue weighted by molar-refractivity contribution is -0.141. The highest BCUT2D eigenvalue weighted by molar-refractivity contribution is 5.78. The van der Waals surface area contributed by atoms with Gasteiger partial charge in [0, 0.05) is 41.4 Å². The first-order chi connectivity index (χ1) is 19.6. The molecular formula is C29H31F3N8O2. The first-order valence-electron chi connectivity index (χ1n) is 13.6. The third-order valence-electron chi connectivity index (χ3n) is 6.62. The molecule has 0 saturated heterocycles. The normalized spacial score (nSPS) is 17.6. The zero-order chi connectivity index (χ0) is 30.0. The van der Waals surface area contributed by atoms with Crippen molar-refractivity contribution in [2.24, 2.45) is 0 Å². The Bertz CT molecular complexity index is 1780. The molecule has 1 saturated carbocycles. The van der Waals surface area contributed by atoms with Crippen LogP contribution in [-0.2, 0) is 6.54 Å². The van der Waals surface area contributed by atoms with Gasteiger partial charge in [0.1, 0.15) is 17.7 Å². The van der Waals surface area contributed by atoms with E-state index in [1.54, 1.807) is 29.2 Å². The molecule has 1 aliphatic rings. The number of halogens is 3. The summed E-state index contributed by atoms with van der Waals surface area (Å²) in [5, 5.41) is 8.97. The molecule has 0 N–H and O–H groups in total. The number of fused-ring (bicyclic) bond motifs is 2. The summed E-state index contributed by atoms with van der Waals surface area (Å²) in [5.74, 6) is 0.362. The maximum Gasteiger partial charge on any atom is 0.408 e. The Morgan fingerprint density at radius 3 is 2.36 bits per heavy atom. The van der Waals surface area contributed by atoms with Crippen LogP contribution in [0.5, 0.6) is 11.9 Å². The van der Waals surface area contributed by atoms with E-state index in [9.17, 15) is 13.2 Å². The Kier molecular flexibility index (Phi) is 6.39. The van der Waals surface area contributed by atoms with Gasteiger partial charge in [-0.2, -0.15) is 28.4 Å². The van der Waals surface area contributed by atoms with Crippen LogP contribution in [0.3, 0.4) is 0 Å². The highest BCUT2D eigenvalue weighted by Crippen LogP contribution is 2.54. The Morgan fingerprint density at radius 1 is 0.881 bits per heavy atom. The van der Waals surface area contributed by atoms with Gasteiger partial charge in [0.2, 0.25) is 5.88 Å². The second kappa shape index (κ2) is 9.63. The highest BCUT2D eigenvalue weighted by Gasteiger charge is 2.43. The van der Waals surface area contributed by atoms with E-state index in [1.165, 1.54) is 6.20 Å². The van der Waals surface area contributed by atoms with Gasteiger partial charge in [-0.15, -0.1) is 0 Å². The zero-order valence-electron chi connectivity index (χ0n) is 24.1. The summed E-state index contributed by atoms with van der Waals surface area (Å²) < 4.78 is 54.2. The van der Waals surface area contributed by atoms with E-state index >= 15 is 0 Å². The molecule has 1 fully saturated rings. The lowest BCUT2D eigenvalue weighted by Gasteiger charge is -2.24. The van der Waals surface area contributed by atoms with Crippen LogP contribution in [0.4, 0.5) is 13.2 Å². The van der Waals surface area contributed by atoms with Crippen molar-refractivity contribution in [1.82, 2.24) is 39.3 Å². The van der Waals surface area contributed by atoms with Gasteiger partial charge in [0.25, 0.3) is 0 Å². The fourth-order valence-electron chi connectivity index (χ4n) is 4.89. The van der Waals surface area contributed by atoms with Gasteiger partial charge < -0.3 is 9.47 Å². The molecule has 0 bridgehead atoms. The van der Waals surface area contributed by atoms with Crippen LogP contribution in [0.1, 0.15) is 71.2 Å². The predicted octanol–water partition coefficient (Wildman–Crippen LogP) is 6.12. The quantitative estimate of drug-likeness (QED) is 0.237. The SMILES string of the molecule is CC(C)(C)Oc1ncc(-c2cc([C@H]3C[C@@H]3c3cc4c(cn3)cnn4CC(F)(F)F)n3nccc3n2)c(OC(C)(C)C)n1. The van der Waals surface area contributed by atoms with Gasteiger partial charge in [-0.1, -0.05) is 0 Å². The summed E-state index contributed by atoms with van der Waals surface area (Å²) in [7, 11) is 0. The molecule has 2 atom stereocenters. The van der Waals surface area contributed by atoms with Gasteiger partial charge in [0.05, 0.1) is 34.9 Å². The Labute approximate surface area is 239 Å². The number of aromatic nitrogens is 8. The van der Waals surface area contributed by atoms with Crippen molar-refractivity contribution >= 4 is 16.6 Å². The molecule has 0 aliphatic heterocycles. The molecule has 220 valence electrons. The number of nitrogens with zero attached hydrogens (tertiary/aromatic N) is 8. The van der Waals surface area contributed by atoms with Crippen LogP contribution in [0.15, 0.2) is 43.0 Å². The lowest BCUT2D eigenvalue weighted by Crippen LogP contribution is -2.26. The summed E-state index contributed by atoms with van der Waals surface area (Å²) in [6, 6.07) is 5.66. The fraction of sp³-hybridized carbons (Fsp3) is 0.448. The molecule has 0 aromatic carbocycles. The maximum absolute atomic E-state index is 13.1. The molecule has 5 heterocycles. The number of ether oxygens (including phenoxy) is 2. The van der Waals surface area contributed by atoms with Gasteiger partial charge in [-0.3, -0.25) is 9.67 Å². The van der Waals surface area contributed by atoms with Crippen LogP contribution in [-0.4, -0.2) is 56.7 Å². The highest BCUT2D eigenvalue weighted by atomic mass is 19.4. The number of hydrogen-bond donors (Lipinski definition) is 0. The molecule has 6 rings (SSSR count).